The number of rotatable bonds is 5. The molecule has 1 aliphatic carbocycles. The Balaban J connectivity index is 1.88. The standard InChI is InChI=1S/C14H19N/c1-2-3-6-11-15-14-10-9-12-7-4-5-8-13(12)14/h2,4-5,7-8,14-15H,1,3,6,9-11H2. The first-order chi connectivity index (χ1) is 7.42. The van der Waals surface area contributed by atoms with Gasteiger partial charge in [-0.15, -0.1) is 6.58 Å². The lowest BCUT2D eigenvalue weighted by atomic mass is 10.1. The van der Waals surface area contributed by atoms with Crippen LogP contribution < -0.4 is 5.32 Å². The summed E-state index contributed by atoms with van der Waals surface area (Å²) < 4.78 is 0. The maximum absolute atomic E-state index is 3.74. The quantitative estimate of drug-likeness (QED) is 0.569. The average Bonchev–Trinajstić information content (AvgIpc) is 2.68. The van der Waals surface area contributed by atoms with Crippen LogP contribution in [0.2, 0.25) is 0 Å². The van der Waals surface area contributed by atoms with E-state index < -0.39 is 0 Å². The first-order valence-electron chi connectivity index (χ1n) is 5.84. The van der Waals surface area contributed by atoms with Gasteiger partial charge in [-0.05, 0) is 43.4 Å². The highest BCUT2D eigenvalue weighted by Gasteiger charge is 2.20. The van der Waals surface area contributed by atoms with E-state index in [2.05, 4.69) is 36.2 Å². The Morgan fingerprint density at radius 2 is 2.27 bits per heavy atom. The fourth-order valence-electron chi connectivity index (χ4n) is 2.29. The Hall–Kier alpha value is -1.08. The fraction of sp³-hybridized carbons (Fsp3) is 0.429. The molecule has 0 fully saturated rings. The van der Waals surface area contributed by atoms with E-state index in [1.807, 2.05) is 6.08 Å². The summed E-state index contributed by atoms with van der Waals surface area (Å²) in [6.45, 7) is 4.84. The van der Waals surface area contributed by atoms with Crippen LogP contribution in [0.5, 0.6) is 0 Å². The summed E-state index contributed by atoms with van der Waals surface area (Å²) in [7, 11) is 0. The third kappa shape index (κ3) is 2.48. The van der Waals surface area contributed by atoms with Gasteiger partial charge in [0, 0.05) is 6.04 Å². The molecule has 1 heteroatoms. The van der Waals surface area contributed by atoms with Crippen LogP contribution in [-0.2, 0) is 6.42 Å². The number of unbranched alkanes of at least 4 members (excludes halogenated alkanes) is 1. The zero-order valence-corrected chi connectivity index (χ0v) is 9.21. The van der Waals surface area contributed by atoms with Gasteiger partial charge in [0.2, 0.25) is 0 Å². The predicted molar refractivity (Wildman–Crippen MR) is 64.9 cm³/mol. The van der Waals surface area contributed by atoms with Crippen LogP contribution in [0.25, 0.3) is 0 Å². The number of allylic oxidation sites excluding steroid dienone is 1. The molecule has 1 aromatic rings. The van der Waals surface area contributed by atoms with E-state index >= 15 is 0 Å². The van der Waals surface area contributed by atoms with Crippen LogP contribution in [0.4, 0.5) is 0 Å². The van der Waals surface area contributed by atoms with Gasteiger partial charge in [-0.1, -0.05) is 30.3 Å². The molecule has 0 bridgehead atoms. The Labute approximate surface area is 92.2 Å². The van der Waals surface area contributed by atoms with Crippen molar-refractivity contribution in [2.24, 2.45) is 0 Å². The van der Waals surface area contributed by atoms with E-state index in [4.69, 9.17) is 0 Å². The van der Waals surface area contributed by atoms with Gasteiger partial charge in [0.05, 0.1) is 0 Å². The van der Waals surface area contributed by atoms with Crippen LogP contribution >= 0.6 is 0 Å². The normalized spacial score (nSPS) is 18.8. The molecule has 1 atom stereocenters. The van der Waals surface area contributed by atoms with E-state index in [9.17, 15) is 0 Å². The van der Waals surface area contributed by atoms with Gasteiger partial charge < -0.3 is 5.32 Å². The van der Waals surface area contributed by atoms with Gasteiger partial charge in [-0.25, -0.2) is 0 Å². The van der Waals surface area contributed by atoms with Crippen molar-refractivity contribution in [3.05, 3.63) is 48.0 Å². The topological polar surface area (TPSA) is 12.0 Å². The number of fused-ring (bicyclic) bond motifs is 1. The van der Waals surface area contributed by atoms with E-state index in [0.717, 1.165) is 13.0 Å². The highest BCUT2D eigenvalue weighted by molar-refractivity contribution is 5.34. The van der Waals surface area contributed by atoms with E-state index in [0.29, 0.717) is 6.04 Å². The Morgan fingerprint density at radius 1 is 1.40 bits per heavy atom. The number of aryl methyl sites for hydroxylation is 1. The zero-order chi connectivity index (χ0) is 10.5. The third-order valence-electron chi connectivity index (χ3n) is 3.11. The smallest absolute Gasteiger partial charge is 0.0326 e. The van der Waals surface area contributed by atoms with Crippen LogP contribution in [0.15, 0.2) is 36.9 Å². The van der Waals surface area contributed by atoms with Gasteiger partial charge in [0.25, 0.3) is 0 Å². The molecule has 0 saturated heterocycles. The molecule has 1 N–H and O–H groups in total. The second-order valence-corrected chi connectivity index (χ2v) is 4.18. The van der Waals surface area contributed by atoms with E-state index in [1.165, 1.54) is 30.4 Å². The SMILES string of the molecule is C=CCCCNC1CCc2ccccc21. The molecule has 0 amide bonds. The van der Waals surface area contributed by atoms with Crippen LogP contribution in [0.1, 0.15) is 36.4 Å². The van der Waals surface area contributed by atoms with Gasteiger partial charge in [0.1, 0.15) is 0 Å². The highest BCUT2D eigenvalue weighted by Crippen LogP contribution is 2.30. The second kappa shape index (κ2) is 5.13. The molecule has 0 saturated carbocycles. The van der Waals surface area contributed by atoms with Crippen LogP contribution in [-0.4, -0.2) is 6.54 Å². The van der Waals surface area contributed by atoms with Crippen molar-refractivity contribution in [3.8, 4) is 0 Å². The summed E-state index contributed by atoms with van der Waals surface area (Å²) in [6.07, 6.45) is 6.79. The highest BCUT2D eigenvalue weighted by atomic mass is 14.9. The molecular formula is C14H19N. The summed E-state index contributed by atoms with van der Waals surface area (Å²) in [5, 5.41) is 3.62. The van der Waals surface area contributed by atoms with Gasteiger partial charge in [0.15, 0.2) is 0 Å². The Morgan fingerprint density at radius 3 is 3.13 bits per heavy atom. The summed E-state index contributed by atoms with van der Waals surface area (Å²) in [5.74, 6) is 0. The molecule has 1 nitrogen and oxygen atoms in total. The van der Waals surface area contributed by atoms with Crippen molar-refractivity contribution in [2.45, 2.75) is 31.7 Å². The fourth-order valence-corrected chi connectivity index (χ4v) is 2.29. The minimum atomic E-state index is 0.589. The molecule has 80 valence electrons. The average molecular weight is 201 g/mol. The third-order valence-corrected chi connectivity index (χ3v) is 3.11. The lowest BCUT2D eigenvalue weighted by Crippen LogP contribution is -2.20. The molecule has 0 aliphatic heterocycles. The number of nitrogens with one attached hydrogen (secondary N) is 1. The Bertz CT molecular complexity index is 330. The largest absolute Gasteiger partial charge is 0.310 e. The minimum Gasteiger partial charge on any atom is -0.310 e. The predicted octanol–water partition coefficient (Wildman–Crippen LogP) is 3.23. The lowest BCUT2D eigenvalue weighted by Gasteiger charge is -2.13. The van der Waals surface area contributed by atoms with Crippen LogP contribution in [0.3, 0.4) is 0 Å². The molecule has 1 aliphatic rings. The van der Waals surface area contributed by atoms with Crippen molar-refractivity contribution in [3.63, 3.8) is 0 Å². The summed E-state index contributed by atoms with van der Waals surface area (Å²) in [4.78, 5) is 0. The first kappa shape index (κ1) is 10.4. The summed E-state index contributed by atoms with van der Waals surface area (Å²) >= 11 is 0. The molecule has 0 heterocycles. The van der Waals surface area contributed by atoms with Crippen molar-refractivity contribution < 1.29 is 0 Å². The molecule has 1 aromatic carbocycles. The maximum Gasteiger partial charge on any atom is 0.0326 e. The van der Waals surface area contributed by atoms with Gasteiger partial charge in [-0.3, -0.25) is 0 Å². The number of hydrogen-bond acceptors (Lipinski definition) is 1. The Kier molecular flexibility index (Phi) is 3.57. The van der Waals surface area contributed by atoms with E-state index in [-0.39, 0.29) is 0 Å². The molecule has 0 spiro atoms. The van der Waals surface area contributed by atoms with E-state index in [1.54, 1.807) is 0 Å². The summed E-state index contributed by atoms with van der Waals surface area (Å²) in [6, 6.07) is 9.38. The molecule has 1 unspecified atom stereocenters. The first-order valence-corrected chi connectivity index (χ1v) is 5.84. The maximum atomic E-state index is 3.74. The van der Waals surface area contributed by atoms with Crippen molar-refractivity contribution in [1.29, 1.82) is 0 Å². The van der Waals surface area contributed by atoms with Crippen molar-refractivity contribution >= 4 is 0 Å². The van der Waals surface area contributed by atoms with Crippen LogP contribution in [0, 0.1) is 0 Å². The van der Waals surface area contributed by atoms with Crippen molar-refractivity contribution in [1.82, 2.24) is 5.32 Å². The minimum absolute atomic E-state index is 0.589. The van der Waals surface area contributed by atoms with Gasteiger partial charge in [-0.2, -0.15) is 0 Å². The summed E-state index contributed by atoms with van der Waals surface area (Å²) in [5.41, 5.74) is 3.04. The van der Waals surface area contributed by atoms with Gasteiger partial charge >= 0.3 is 0 Å². The monoisotopic (exact) mass is 201 g/mol. The molecular weight excluding hydrogens is 182 g/mol. The zero-order valence-electron chi connectivity index (χ0n) is 9.21. The molecule has 0 aromatic heterocycles. The lowest BCUT2D eigenvalue weighted by molar-refractivity contribution is 0.522. The van der Waals surface area contributed by atoms with Crippen molar-refractivity contribution in [2.75, 3.05) is 6.54 Å². The molecule has 15 heavy (non-hydrogen) atoms. The molecule has 2 rings (SSSR count). The molecule has 0 radical (unpaired) electrons. The number of benzene rings is 1. The second-order valence-electron chi connectivity index (χ2n) is 4.18. The number of hydrogen-bond donors (Lipinski definition) is 1.